The van der Waals surface area contributed by atoms with E-state index in [1.807, 2.05) is 0 Å². The maximum absolute atomic E-state index is 9.47. The summed E-state index contributed by atoms with van der Waals surface area (Å²) >= 11 is 0. The van der Waals surface area contributed by atoms with Crippen LogP contribution in [0.1, 0.15) is 23.1 Å². The number of aliphatic hydroxyl groups is 1. The Hall–Kier alpha value is -0.860. The van der Waals surface area contributed by atoms with Gasteiger partial charge in [-0.1, -0.05) is 18.2 Å². The molecule has 1 aromatic rings. The fraction of sp³-hybridized carbons (Fsp3) is 0.538. The topological polar surface area (TPSA) is 23.5 Å². The van der Waals surface area contributed by atoms with Gasteiger partial charge in [-0.3, -0.25) is 4.90 Å². The largest absolute Gasteiger partial charge is 0.392 e. The van der Waals surface area contributed by atoms with E-state index < -0.39 is 0 Å². The van der Waals surface area contributed by atoms with Gasteiger partial charge in [-0.25, -0.2) is 0 Å². The number of benzene rings is 1. The molecular formula is C13H19NO. The summed E-state index contributed by atoms with van der Waals surface area (Å²) in [5.74, 6) is 0. The molecule has 0 saturated carbocycles. The molecule has 1 aliphatic rings. The van der Waals surface area contributed by atoms with Gasteiger partial charge in [-0.05, 0) is 37.0 Å². The van der Waals surface area contributed by atoms with Gasteiger partial charge < -0.3 is 5.11 Å². The van der Waals surface area contributed by atoms with Crippen molar-refractivity contribution in [3.05, 3.63) is 34.9 Å². The molecule has 15 heavy (non-hydrogen) atoms. The molecule has 1 N–H and O–H groups in total. The Labute approximate surface area is 91.5 Å². The number of nitrogens with zero attached hydrogens (tertiary/aromatic N) is 1. The molecule has 0 spiro atoms. The zero-order valence-electron chi connectivity index (χ0n) is 9.53. The summed E-state index contributed by atoms with van der Waals surface area (Å²) in [6.45, 7) is 7.15. The van der Waals surface area contributed by atoms with Crippen LogP contribution in [0.4, 0.5) is 0 Å². The highest BCUT2D eigenvalue weighted by molar-refractivity contribution is 5.33. The number of likely N-dealkylation sites (tertiary alicyclic amines) is 1. The first-order chi connectivity index (χ1) is 7.16. The highest BCUT2D eigenvalue weighted by atomic mass is 16.3. The molecule has 2 rings (SSSR count). The van der Waals surface area contributed by atoms with Gasteiger partial charge in [0.1, 0.15) is 0 Å². The molecule has 1 aliphatic heterocycles. The van der Waals surface area contributed by atoms with Gasteiger partial charge in [0.05, 0.1) is 6.10 Å². The smallest absolute Gasteiger partial charge is 0.0679 e. The lowest BCUT2D eigenvalue weighted by atomic mass is 10.0. The fourth-order valence-electron chi connectivity index (χ4n) is 2.28. The van der Waals surface area contributed by atoms with Gasteiger partial charge in [-0.2, -0.15) is 0 Å². The van der Waals surface area contributed by atoms with E-state index >= 15 is 0 Å². The lowest BCUT2D eigenvalue weighted by Gasteiger charge is -2.18. The van der Waals surface area contributed by atoms with Gasteiger partial charge in [0.25, 0.3) is 0 Å². The summed E-state index contributed by atoms with van der Waals surface area (Å²) in [6, 6.07) is 6.43. The molecule has 0 aliphatic carbocycles. The predicted octanol–water partition coefficient (Wildman–Crippen LogP) is 1.87. The van der Waals surface area contributed by atoms with Gasteiger partial charge in [0.2, 0.25) is 0 Å². The van der Waals surface area contributed by atoms with Crippen LogP contribution in [0.15, 0.2) is 18.2 Å². The first-order valence-electron chi connectivity index (χ1n) is 5.62. The number of aliphatic hydroxyl groups excluding tert-OH is 1. The maximum atomic E-state index is 9.47. The molecule has 0 unspecified atom stereocenters. The second-order valence-corrected chi connectivity index (χ2v) is 4.55. The Kier molecular flexibility index (Phi) is 3.08. The molecular weight excluding hydrogens is 186 g/mol. The zero-order chi connectivity index (χ0) is 10.8. The third-order valence-electron chi connectivity index (χ3n) is 3.27. The SMILES string of the molecule is Cc1cccc(C)c1CN1CC[C@H](O)C1. The van der Waals surface area contributed by atoms with Crippen molar-refractivity contribution >= 4 is 0 Å². The van der Waals surface area contributed by atoms with E-state index in [0.717, 1.165) is 26.1 Å². The van der Waals surface area contributed by atoms with E-state index in [1.165, 1.54) is 16.7 Å². The first-order valence-corrected chi connectivity index (χ1v) is 5.62. The first kappa shape index (κ1) is 10.7. The van der Waals surface area contributed by atoms with Crippen LogP contribution >= 0.6 is 0 Å². The van der Waals surface area contributed by atoms with Crippen LogP contribution < -0.4 is 0 Å². The van der Waals surface area contributed by atoms with Crippen LogP contribution in [0, 0.1) is 13.8 Å². The predicted molar refractivity (Wildman–Crippen MR) is 61.8 cm³/mol. The lowest BCUT2D eigenvalue weighted by Crippen LogP contribution is -2.22. The molecule has 1 aromatic carbocycles. The second-order valence-electron chi connectivity index (χ2n) is 4.55. The fourth-order valence-corrected chi connectivity index (χ4v) is 2.28. The molecule has 0 aromatic heterocycles. The Balaban J connectivity index is 2.10. The molecule has 1 fully saturated rings. The van der Waals surface area contributed by atoms with Gasteiger partial charge in [0.15, 0.2) is 0 Å². The Morgan fingerprint density at radius 1 is 1.33 bits per heavy atom. The summed E-state index contributed by atoms with van der Waals surface area (Å²) < 4.78 is 0. The van der Waals surface area contributed by atoms with Crippen LogP contribution in [-0.2, 0) is 6.54 Å². The molecule has 1 atom stereocenters. The monoisotopic (exact) mass is 205 g/mol. The third kappa shape index (κ3) is 2.39. The van der Waals surface area contributed by atoms with E-state index in [0.29, 0.717) is 0 Å². The van der Waals surface area contributed by atoms with Crippen molar-refractivity contribution in [1.82, 2.24) is 4.90 Å². The van der Waals surface area contributed by atoms with Crippen LogP contribution in [0.2, 0.25) is 0 Å². The molecule has 1 heterocycles. The van der Waals surface area contributed by atoms with E-state index in [9.17, 15) is 5.11 Å². The van der Waals surface area contributed by atoms with Crippen molar-refractivity contribution in [2.75, 3.05) is 13.1 Å². The molecule has 0 radical (unpaired) electrons. The molecule has 0 bridgehead atoms. The van der Waals surface area contributed by atoms with E-state index in [1.54, 1.807) is 0 Å². The number of hydrogen-bond donors (Lipinski definition) is 1. The Bertz CT molecular complexity index is 328. The van der Waals surface area contributed by atoms with Crippen LogP contribution in [-0.4, -0.2) is 29.2 Å². The van der Waals surface area contributed by atoms with Crippen molar-refractivity contribution in [2.45, 2.75) is 32.9 Å². The van der Waals surface area contributed by atoms with Crippen molar-refractivity contribution in [2.24, 2.45) is 0 Å². The maximum Gasteiger partial charge on any atom is 0.0679 e. The van der Waals surface area contributed by atoms with Gasteiger partial charge in [0, 0.05) is 19.6 Å². The molecule has 0 amide bonds. The third-order valence-corrected chi connectivity index (χ3v) is 3.27. The average molecular weight is 205 g/mol. The van der Waals surface area contributed by atoms with Crippen LogP contribution in [0.3, 0.4) is 0 Å². The normalized spacial score (nSPS) is 22.2. The average Bonchev–Trinajstić information content (AvgIpc) is 2.58. The van der Waals surface area contributed by atoms with E-state index in [2.05, 4.69) is 36.9 Å². The molecule has 2 nitrogen and oxygen atoms in total. The quantitative estimate of drug-likeness (QED) is 0.796. The second kappa shape index (κ2) is 4.33. The molecule has 1 saturated heterocycles. The summed E-state index contributed by atoms with van der Waals surface area (Å²) in [4.78, 5) is 2.33. The minimum atomic E-state index is -0.116. The summed E-state index contributed by atoms with van der Waals surface area (Å²) in [7, 11) is 0. The van der Waals surface area contributed by atoms with Crippen molar-refractivity contribution in [3.8, 4) is 0 Å². The zero-order valence-corrected chi connectivity index (χ0v) is 9.53. The standard InChI is InChI=1S/C13H19NO/c1-10-4-3-5-11(2)13(10)9-14-7-6-12(15)8-14/h3-5,12,15H,6-9H2,1-2H3/t12-/m0/s1. The number of β-amino-alcohol motifs (C(OH)–C–C–N with tert-alkyl or cyclic N) is 1. The van der Waals surface area contributed by atoms with Crippen molar-refractivity contribution < 1.29 is 5.11 Å². The van der Waals surface area contributed by atoms with E-state index in [4.69, 9.17) is 0 Å². The number of aryl methyl sites for hydroxylation is 2. The number of rotatable bonds is 2. The highest BCUT2D eigenvalue weighted by Gasteiger charge is 2.20. The van der Waals surface area contributed by atoms with E-state index in [-0.39, 0.29) is 6.10 Å². The van der Waals surface area contributed by atoms with Gasteiger partial charge >= 0.3 is 0 Å². The lowest BCUT2D eigenvalue weighted by molar-refractivity contribution is 0.174. The summed E-state index contributed by atoms with van der Waals surface area (Å²) in [6.07, 6.45) is 0.805. The van der Waals surface area contributed by atoms with Crippen molar-refractivity contribution in [3.63, 3.8) is 0 Å². The Morgan fingerprint density at radius 3 is 2.53 bits per heavy atom. The highest BCUT2D eigenvalue weighted by Crippen LogP contribution is 2.18. The minimum absolute atomic E-state index is 0.116. The minimum Gasteiger partial charge on any atom is -0.392 e. The summed E-state index contributed by atoms with van der Waals surface area (Å²) in [5.41, 5.74) is 4.14. The Morgan fingerprint density at radius 2 is 2.00 bits per heavy atom. The van der Waals surface area contributed by atoms with Crippen LogP contribution in [0.25, 0.3) is 0 Å². The van der Waals surface area contributed by atoms with Crippen LogP contribution in [0.5, 0.6) is 0 Å². The van der Waals surface area contributed by atoms with Crippen molar-refractivity contribution in [1.29, 1.82) is 0 Å². The summed E-state index contributed by atoms with van der Waals surface area (Å²) in [5, 5.41) is 9.47. The number of hydrogen-bond acceptors (Lipinski definition) is 2. The van der Waals surface area contributed by atoms with Gasteiger partial charge in [-0.15, -0.1) is 0 Å². The molecule has 82 valence electrons. The molecule has 2 heteroatoms.